The van der Waals surface area contributed by atoms with Crippen LogP contribution < -0.4 is 4.90 Å². The molecule has 1 aliphatic carbocycles. The summed E-state index contributed by atoms with van der Waals surface area (Å²) in [4.78, 5) is 2.41. The number of rotatable bonds is 7. The highest BCUT2D eigenvalue weighted by Crippen LogP contribution is 2.57. The first-order chi connectivity index (χ1) is 28.7. The van der Waals surface area contributed by atoms with Crippen LogP contribution in [0.2, 0.25) is 0 Å². The van der Waals surface area contributed by atoms with E-state index in [1.54, 1.807) is 0 Å². The summed E-state index contributed by atoms with van der Waals surface area (Å²) < 4.78 is 2.37. The highest BCUT2D eigenvalue weighted by Gasteiger charge is 2.46. The molecule has 0 spiro atoms. The number of hydrogen-bond donors (Lipinski definition) is 0. The van der Waals surface area contributed by atoms with Gasteiger partial charge in [-0.2, -0.15) is 0 Å². The number of anilines is 3. The van der Waals surface area contributed by atoms with Gasteiger partial charge in [-0.15, -0.1) is 0 Å². The first-order valence-corrected chi connectivity index (χ1v) is 20.1. The summed E-state index contributed by atoms with van der Waals surface area (Å²) in [6, 6.07) is 82.4. The van der Waals surface area contributed by atoms with Gasteiger partial charge in [-0.25, -0.2) is 0 Å². The maximum absolute atomic E-state index is 2.44. The second kappa shape index (κ2) is 13.7. The Balaban J connectivity index is 1.06. The van der Waals surface area contributed by atoms with Crippen LogP contribution in [0.1, 0.15) is 27.8 Å². The van der Waals surface area contributed by atoms with Gasteiger partial charge < -0.3 is 9.47 Å². The largest absolute Gasteiger partial charge is 0.310 e. The van der Waals surface area contributed by atoms with Gasteiger partial charge in [0.15, 0.2) is 0 Å². The molecule has 9 aromatic carbocycles. The van der Waals surface area contributed by atoms with Gasteiger partial charge in [-0.05, 0) is 118 Å². The molecule has 0 aliphatic heterocycles. The van der Waals surface area contributed by atoms with Crippen molar-refractivity contribution >= 4 is 38.9 Å². The monoisotopic (exact) mass is 740 g/mol. The molecule has 0 bridgehead atoms. The topological polar surface area (TPSA) is 8.17 Å². The average molecular weight is 741 g/mol. The third kappa shape index (κ3) is 5.26. The van der Waals surface area contributed by atoms with Crippen molar-refractivity contribution in [2.45, 2.75) is 12.3 Å². The molecule has 0 unspecified atom stereocenters. The Hall–Kier alpha value is -7.42. The average Bonchev–Trinajstić information content (AvgIpc) is 3.78. The van der Waals surface area contributed by atoms with Gasteiger partial charge in [0.05, 0.1) is 16.4 Å². The summed E-state index contributed by atoms with van der Waals surface area (Å²) in [6.45, 7) is 2.15. The van der Waals surface area contributed by atoms with Gasteiger partial charge in [0, 0.05) is 33.5 Å². The lowest BCUT2D eigenvalue weighted by molar-refractivity contribution is 0.768. The Bertz CT molecular complexity index is 3050. The molecule has 0 saturated carbocycles. The minimum Gasteiger partial charge on any atom is -0.310 e. The van der Waals surface area contributed by atoms with Crippen LogP contribution in [0.25, 0.3) is 49.7 Å². The summed E-state index contributed by atoms with van der Waals surface area (Å²) in [6.07, 6.45) is 0. The normalized spacial score (nSPS) is 12.7. The molecule has 1 aromatic heterocycles. The van der Waals surface area contributed by atoms with E-state index in [2.05, 4.69) is 241 Å². The molecule has 2 nitrogen and oxygen atoms in total. The van der Waals surface area contributed by atoms with E-state index in [-0.39, 0.29) is 0 Å². The molecule has 0 N–H and O–H groups in total. The zero-order valence-corrected chi connectivity index (χ0v) is 32.3. The molecule has 0 saturated heterocycles. The van der Waals surface area contributed by atoms with Gasteiger partial charge in [-0.1, -0.05) is 163 Å². The van der Waals surface area contributed by atoms with Crippen LogP contribution in [0.5, 0.6) is 0 Å². The van der Waals surface area contributed by atoms with Gasteiger partial charge in [-0.3, -0.25) is 0 Å². The number of nitrogens with zero attached hydrogens (tertiary/aromatic N) is 2. The van der Waals surface area contributed by atoms with Crippen molar-refractivity contribution in [2.24, 2.45) is 0 Å². The Morgan fingerprint density at radius 3 is 1.62 bits per heavy atom. The molecule has 10 aromatic rings. The minimum absolute atomic E-state index is 0.477. The van der Waals surface area contributed by atoms with Gasteiger partial charge in [0.1, 0.15) is 0 Å². The van der Waals surface area contributed by atoms with E-state index in [0.717, 1.165) is 17.1 Å². The zero-order chi connectivity index (χ0) is 38.6. The van der Waals surface area contributed by atoms with Crippen molar-refractivity contribution in [1.82, 2.24) is 4.57 Å². The van der Waals surface area contributed by atoms with Crippen LogP contribution in [0.3, 0.4) is 0 Å². The lowest BCUT2D eigenvalue weighted by atomic mass is 9.67. The zero-order valence-electron chi connectivity index (χ0n) is 32.3. The van der Waals surface area contributed by atoms with Crippen molar-refractivity contribution in [3.63, 3.8) is 0 Å². The standard InChI is InChI=1S/C56H40N2/c1-39-25-30-45(31-26-39)57(46-32-27-40(28-33-46)41-29-36-55-51(37-41)50-22-12-14-24-54(50)58(55)44-19-9-4-10-20-44)47-34-35-49-48-21-11-13-23-52(48)56(53(49)38-47,42-15-5-2-6-16-42)43-17-7-3-8-18-43/h2-38H,1H3. The number of aromatic nitrogens is 1. The smallest absolute Gasteiger partial charge is 0.0714 e. The summed E-state index contributed by atoms with van der Waals surface area (Å²) >= 11 is 0. The van der Waals surface area contributed by atoms with E-state index in [4.69, 9.17) is 0 Å². The van der Waals surface area contributed by atoms with E-state index in [1.165, 1.54) is 77.6 Å². The molecule has 0 atom stereocenters. The highest BCUT2D eigenvalue weighted by atomic mass is 15.1. The molecule has 58 heavy (non-hydrogen) atoms. The second-order valence-electron chi connectivity index (χ2n) is 15.4. The molecule has 1 heterocycles. The number of aryl methyl sites for hydroxylation is 1. The Labute approximate surface area is 339 Å². The van der Waals surface area contributed by atoms with Crippen molar-refractivity contribution in [1.29, 1.82) is 0 Å². The summed E-state index contributed by atoms with van der Waals surface area (Å²) in [7, 11) is 0. The van der Waals surface area contributed by atoms with E-state index in [0.29, 0.717) is 0 Å². The minimum atomic E-state index is -0.477. The Morgan fingerprint density at radius 1 is 0.379 bits per heavy atom. The van der Waals surface area contributed by atoms with E-state index in [9.17, 15) is 0 Å². The molecule has 0 radical (unpaired) electrons. The van der Waals surface area contributed by atoms with E-state index in [1.807, 2.05) is 0 Å². The lowest BCUT2D eigenvalue weighted by Crippen LogP contribution is -2.28. The molecule has 274 valence electrons. The van der Waals surface area contributed by atoms with Crippen LogP contribution in [0.15, 0.2) is 224 Å². The second-order valence-corrected chi connectivity index (χ2v) is 15.4. The highest BCUT2D eigenvalue weighted by molar-refractivity contribution is 6.10. The van der Waals surface area contributed by atoms with Gasteiger partial charge >= 0.3 is 0 Å². The molecule has 0 amide bonds. The fourth-order valence-electron chi connectivity index (χ4n) is 9.52. The van der Waals surface area contributed by atoms with Crippen molar-refractivity contribution in [3.05, 3.63) is 252 Å². The summed E-state index contributed by atoms with van der Waals surface area (Å²) in [5, 5.41) is 2.51. The van der Waals surface area contributed by atoms with Crippen LogP contribution in [-0.4, -0.2) is 4.57 Å². The lowest BCUT2D eigenvalue weighted by Gasteiger charge is -2.35. The number of benzene rings is 9. The maximum Gasteiger partial charge on any atom is 0.0714 e. The van der Waals surface area contributed by atoms with Crippen molar-refractivity contribution < 1.29 is 0 Å². The first-order valence-electron chi connectivity index (χ1n) is 20.1. The predicted octanol–water partition coefficient (Wildman–Crippen LogP) is 14.6. The molecular weight excluding hydrogens is 701 g/mol. The SMILES string of the molecule is Cc1ccc(N(c2ccc(-c3ccc4c(c3)c3ccccc3n4-c3ccccc3)cc2)c2ccc3c(c2)C(c2ccccc2)(c2ccccc2)c2ccccc2-3)cc1. The third-order valence-corrected chi connectivity index (χ3v) is 12.1. The molecule has 11 rings (SSSR count). The quantitative estimate of drug-likeness (QED) is 0.158. The number of para-hydroxylation sites is 2. The van der Waals surface area contributed by atoms with Crippen LogP contribution in [0.4, 0.5) is 17.1 Å². The molecular formula is C56H40N2. The summed E-state index contributed by atoms with van der Waals surface area (Å²) in [5.41, 5.74) is 17.8. The first kappa shape index (κ1) is 33.9. The van der Waals surface area contributed by atoms with Gasteiger partial charge in [0.25, 0.3) is 0 Å². The Kier molecular flexibility index (Phi) is 7.97. The fraction of sp³-hybridized carbons (Fsp3) is 0.0357. The number of fused-ring (bicyclic) bond motifs is 6. The summed E-state index contributed by atoms with van der Waals surface area (Å²) in [5.74, 6) is 0. The van der Waals surface area contributed by atoms with Crippen molar-refractivity contribution in [2.75, 3.05) is 4.90 Å². The molecule has 1 aliphatic rings. The van der Waals surface area contributed by atoms with Gasteiger partial charge in [0.2, 0.25) is 0 Å². The van der Waals surface area contributed by atoms with Crippen molar-refractivity contribution in [3.8, 4) is 27.9 Å². The number of hydrogen-bond acceptors (Lipinski definition) is 1. The van der Waals surface area contributed by atoms with E-state index < -0.39 is 5.41 Å². The predicted molar refractivity (Wildman–Crippen MR) is 243 cm³/mol. The van der Waals surface area contributed by atoms with Crippen LogP contribution in [-0.2, 0) is 5.41 Å². The third-order valence-electron chi connectivity index (χ3n) is 12.1. The molecule has 2 heteroatoms. The Morgan fingerprint density at radius 2 is 0.914 bits per heavy atom. The van der Waals surface area contributed by atoms with E-state index >= 15 is 0 Å². The van der Waals surface area contributed by atoms with Crippen LogP contribution >= 0.6 is 0 Å². The van der Waals surface area contributed by atoms with Crippen LogP contribution in [0, 0.1) is 6.92 Å². The maximum atomic E-state index is 2.44. The fourth-order valence-corrected chi connectivity index (χ4v) is 9.52. The molecule has 0 fully saturated rings.